The highest BCUT2D eigenvalue weighted by Gasteiger charge is 1.94. The maximum Gasteiger partial charge on any atom is 0.0701 e. The van der Waals surface area contributed by atoms with Crippen LogP contribution in [-0.4, -0.2) is 26.9 Å². The van der Waals surface area contributed by atoms with Gasteiger partial charge in [-0.1, -0.05) is 0 Å². The van der Waals surface area contributed by atoms with Crippen molar-refractivity contribution < 1.29 is 9.47 Å². The van der Waals surface area contributed by atoms with Crippen molar-refractivity contribution in [3.63, 3.8) is 0 Å². The lowest BCUT2D eigenvalue weighted by atomic mass is 10.9. The molecule has 2 nitrogen and oxygen atoms in total. The zero-order valence-electron chi connectivity index (χ0n) is 4.94. The van der Waals surface area contributed by atoms with Crippen molar-refractivity contribution >= 4 is 0 Å². The molecular formula is C5H12O2. The lowest BCUT2D eigenvalue weighted by Crippen LogP contribution is -1.73. The molecule has 7 heavy (non-hydrogen) atoms. The van der Waals surface area contributed by atoms with Crippen LogP contribution in [0.3, 0.4) is 0 Å². The highest BCUT2D eigenvalue weighted by atomic mass is 16.6. The molecule has 44 valence electrons. The SMILES string of the molecule is C1CO1.CCOC. The molecule has 0 radical (unpaired) electrons. The first-order valence-electron chi connectivity index (χ1n) is 2.48. The topological polar surface area (TPSA) is 21.8 Å². The summed E-state index contributed by atoms with van der Waals surface area (Å²) in [5.74, 6) is 0. The van der Waals surface area contributed by atoms with Gasteiger partial charge in [-0.3, -0.25) is 0 Å². The summed E-state index contributed by atoms with van der Waals surface area (Å²) in [7, 11) is 1.68. The van der Waals surface area contributed by atoms with Crippen molar-refractivity contribution in [1.82, 2.24) is 0 Å². The third-order valence-corrected chi connectivity index (χ3v) is 0.493. The van der Waals surface area contributed by atoms with Crippen molar-refractivity contribution in [2.24, 2.45) is 0 Å². The van der Waals surface area contributed by atoms with Crippen LogP contribution in [0.2, 0.25) is 0 Å². The summed E-state index contributed by atoms with van der Waals surface area (Å²) in [4.78, 5) is 0. The normalized spacial score (nSPS) is 14.6. The maximum absolute atomic E-state index is 4.54. The van der Waals surface area contributed by atoms with E-state index in [0.29, 0.717) is 0 Å². The fourth-order valence-electron chi connectivity index (χ4n) is 0. The minimum absolute atomic E-state index is 0.819. The van der Waals surface area contributed by atoms with Gasteiger partial charge in [0.1, 0.15) is 0 Å². The van der Waals surface area contributed by atoms with E-state index in [1.54, 1.807) is 7.11 Å². The molecule has 1 saturated heterocycles. The van der Waals surface area contributed by atoms with E-state index in [4.69, 9.17) is 0 Å². The van der Waals surface area contributed by atoms with Gasteiger partial charge in [-0.15, -0.1) is 0 Å². The molecule has 0 atom stereocenters. The van der Waals surface area contributed by atoms with E-state index in [0.717, 1.165) is 19.8 Å². The van der Waals surface area contributed by atoms with Crippen LogP contribution in [0.15, 0.2) is 0 Å². The monoisotopic (exact) mass is 104 g/mol. The number of hydrogen-bond donors (Lipinski definition) is 0. The van der Waals surface area contributed by atoms with Crippen molar-refractivity contribution in [2.75, 3.05) is 26.9 Å². The lowest BCUT2D eigenvalue weighted by molar-refractivity contribution is 0.215. The molecule has 1 aliphatic heterocycles. The van der Waals surface area contributed by atoms with E-state index < -0.39 is 0 Å². The number of methoxy groups -OCH3 is 1. The summed E-state index contributed by atoms with van der Waals surface area (Å²) < 4.78 is 9.04. The molecule has 0 N–H and O–H groups in total. The van der Waals surface area contributed by atoms with Crippen LogP contribution in [0.25, 0.3) is 0 Å². The van der Waals surface area contributed by atoms with Crippen molar-refractivity contribution in [3.05, 3.63) is 0 Å². The second kappa shape index (κ2) is 5.92. The van der Waals surface area contributed by atoms with Crippen LogP contribution in [0, 0.1) is 0 Å². The molecule has 0 amide bonds. The van der Waals surface area contributed by atoms with Gasteiger partial charge in [0, 0.05) is 13.7 Å². The quantitative estimate of drug-likeness (QED) is 0.456. The number of epoxide rings is 1. The van der Waals surface area contributed by atoms with Crippen LogP contribution in [0.1, 0.15) is 6.92 Å². The average Bonchev–Trinajstić information content (AvgIpc) is 2.47. The lowest BCUT2D eigenvalue weighted by Gasteiger charge is -1.76. The van der Waals surface area contributed by atoms with E-state index in [1.165, 1.54) is 0 Å². The van der Waals surface area contributed by atoms with Crippen molar-refractivity contribution in [3.8, 4) is 0 Å². The maximum atomic E-state index is 4.54. The zero-order chi connectivity index (χ0) is 5.54. The largest absolute Gasteiger partial charge is 0.385 e. The molecular weight excluding hydrogens is 92.1 g/mol. The third kappa shape index (κ3) is 24.7. The van der Waals surface area contributed by atoms with Crippen LogP contribution in [0.4, 0.5) is 0 Å². The fraction of sp³-hybridized carbons (Fsp3) is 1.00. The molecule has 0 saturated carbocycles. The summed E-state index contributed by atoms with van der Waals surface area (Å²) in [5, 5.41) is 0. The molecule has 0 aromatic carbocycles. The summed E-state index contributed by atoms with van der Waals surface area (Å²) in [5.41, 5.74) is 0. The van der Waals surface area contributed by atoms with Gasteiger partial charge in [-0.2, -0.15) is 0 Å². The van der Waals surface area contributed by atoms with E-state index in [-0.39, 0.29) is 0 Å². The minimum Gasteiger partial charge on any atom is -0.385 e. The molecule has 1 aliphatic rings. The Labute approximate surface area is 44.4 Å². The Morgan fingerprint density at radius 2 is 1.86 bits per heavy atom. The van der Waals surface area contributed by atoms with Gasteiger partial charge in [0.15, 0.2) is 0 Å². The molecule has 2 heteroatoms. The Balaban J connectivity index is 0.000000105. The zero-order valence-corrected chi connectivity index (χ0v) is 4.94. The summed E-state index contributed by atoms with van der Waals surface area (Å²) in [6, 6.07) is 0. The first-order valence-corrected chi connectivity index (χ1v) is 2.48. The molecule has 1 fully saturated rings. The molecule has 0 aliphatic carbocycles. The molecule has 0 spiro atoms. The predicted octanol–water partition coefficient (Wildman–Crippen LogP) is 0.669. The Morgan fingerprint density at radius 1 is 1.57 bits per heavy atom. The Kier molecular flexibility index (Phi) is 5.85. The predicted molar refractivity (Wildman–Crippen MR) is 28.4 cm³/mol. The van der Waals surface area contributed by atoms with Gasteiger partial charge in [0.05, 0.1) is 13.2 Å². The van der Waals surface area contributed by atoms with Gasteiger partial charge in [-0.25, -0.2) is 0 Å². The summed E-state index contributed by atoms with van der Waals surface area (Å²) in [6.07, 6.45) is 0. The number of ether oxygens (including phenoxy) is 2. The smallest absolute Gasteiger partial charge is 0.0701 e. The highest BCUT2D eigenvalue weighted by Crippen LogP contribution is 1.84. The first kappa shape index (κ1) is 6.92. The number of hydrogen-bond acceptors (Lipinski definition) is 2. The number of rotatable bonds is 1. The molecule has 0 aromatic heterocycles. The summed E-state index contributed by atoms with van der Waals surface area (Å²) in [6.45, 7) is 4.78. The Morgan fingerprint density at radius 3 is 1.86 bits per heavy atom. The van der Waals surface area contributed by atoms with Crippen molar-refractivity contribution in [1.29, 1.82) is 0 Å². The summed E-state index contributed by atoms with van der Waals surface area (Å²) >= 11 is 0. The average molecular weight is 104 g/mol. The molecule has 1 rings (SSSR count). The standard InChI is InChI=1S/C3H8O.C2H4O/c1-3-4-2;1-2-3-1/h3H2,1-2H3;1-2H2. The third-order valence-electron chi connectivity index (χ3n) is 0.493. The van der Waals surface area contributed by atoms with E-state index in [1.807, 2.05) is 6.92 Å². The highest BCUT2D eigenvalue weighted by molar-refractivity contribution is 4.36. The molecule has 0 aromatic rings. The Hall–Kier alpha value is -0.0800. The first-order chi connectivity index (χ1) is 3.41. The molecule has 0 bridgehead atoms. The molecule has 1 heterocycles. The van der Waals surface area contributed by atoms with Crippen molar-refractivity contribution in [2.45, 2.75) is 6.92 Å². The van der Waals surface area contributed by atoms with Crippen LogP contribution < -0.4 is 0 Å². The van der Waals surface area contributed by atoms with Crippen LogP contribution in [-0.2, 0) is 9.47 Å². The van der Waals surface area contributed by atoms with E-state index in [9.17, 15) is 0 Å². The van der Waals surface area contributed by atoms with Crippen LogP contribution >= 0.6 is 0 Å². The molecule has 0 unspecified atom stereocenters. The fourth-order valence-corrected chi connectivity index (χ4v) is 0. The van der Waals surface area contributed by atoms with Gasteiger partial charge in [-0.05, 0) is 6.92 Å². The minimum atomic E-state index is 0.819. The van der Waals surface area contributed by atoms with Gasteiger partial charge in [0.2, 0.25) is 0 Å². The second-order valence-corrected chi connectivity index (χ2v) is 1.19. The van der Waals surface area contributed by atoms with Gasteiger partial charge >= 0.3 is 0 Å². The van der Waals surface area contributed by atoms with E-state index in [2.05, 4.69) is 9.47 Å². The Bertz CT molecular complexity index is 22.5. The second-order valence-electron chi connectivity index (χ2n) is 1.19. The van der Waals surface area contributed by atoms with E-state index >= 15 is 0 Å². The van der Waals surface area contributed by atoms with Gasteiger partial charge < -0.3 is 9.47 Å². The van der Waals surface area contributed by atoms with Gasteiger partial charge in [0.25, 0.3) is 0 Å². The van der Waals surface area contributed by atoms with Crippen LogP contribution in [0.5, 0.6) is 0 Å².